The summed E-state index contributed by atoms with van der Waals surface area (Å²) in [6.07, 6.45) is 5.02. The third-order valence-corrected chi connectivity index (χ3v) is 5.03. The number of hydrogen-bond acceptors (Lipinski definition) is 3. The van der Waals surface area contributed by atoms with Crippen LogP contribution in [0.4, 0.5) is 0 Å². The van der Waals surface area contributed by atoms with E-state index in [2.05, 4.69) is 15.5 Å². The van der Waals surface area contributed by atoms with Gasteiger partial charge in [0.25, 0.3) is 5.91 Å². The summed E-state index contributed by atoms with van der Waals surface area (Å²) in [5.41, 5.74) is 2.23. The van der Waals surface area contributed by atoms with Crippen LogP contribution in [0, 0.1) is 0 Å². The Morgan fingerprint density at radius 3 is 2.92 bits per heavy atom. The van der Waals surface area contributed by atoms with Crippen molar-refractivity contribution in [3.8, 4) is 11.3 Å². The first-order valence-corrected chi connectivity index (χ1v) is 8.43. The van der Waals surface area contributed by atoms with E-state index in [4.69, 9.17) is 11.6 Å². The molecule has 0 radical (unpaired) electrons. The summed E-state index contributed by atoms with van der Waals surface area (Å²) in [6, 6.07) is 8.46. The number of benzene rings is 1. The summed E-state index contributed by atoms with van der Waals surface area (Å²) in [4.78, 5) is 14.9. The molecule has 5 nitrogen and oxygen atoms in total. The maximum atomic E-state index is 13.0. The van der Waals surface area contributed by atoms with Gasteiger partial charge in [-0.05, 0) is 31.4 Å². The first kappa shape index (κ1) is 17.3. The van der Waals surface area contributed by atoms with Crippen molar-refractivity contribution in [2.24, 2.45) is 0 Å². The highest BCUT2D eigenvalue weighted by Gasteiger charge is 2.32. The maximum Gasteiger partial charge on any atom is 0.257 e. The lowest BCUT2D eigenvalue weighted by molar-refractivity contribution is 0.0749. The highest BCUT2D eigenvalue weighted by Crippen LogP contribution is 2.27. The first-order chi connectivity index (χ1) is 11.2. The van der Waals surface area contributed by atoms with Crippen molar-refractivity contribution in [1.82, 2.24) is 20.4 Å². The summed E-state index contributed by atoms with van der Waals surface area (Å²) < 4.78 is 0. The number of amides is 1. The highest BCUT2D eigenvalue weighted by atomic mass is 35.5. The number of nitrogens with zero attached hydrogens (tertiary/aromatic N) is 2. The van der Waals surface area contributed by atoms with Crippen molar-refractivity contribution in [2.45, 2.75) is 31.3 Å². The van der Waals surface area contributed by atoms with E-state index in [0.29, 0.717) is 22.7 Å². The molecule has 128 valence electrons. The minimum Gasteiger partial charge on any atom is -0.337 e. The molecule has 2 N–H and O–H groups in total. The topological polar surface area (TPSA) is 61.0 Å². The van der Waals surface area contributed by atoms with Gasteiger partial charge in [0, 0.05) is 35.8 Å². The van der Waals surface area contributed by atoms with Gasteiger partial charge in [0.1, 0.15) is 0 Å². The van der Waals surface area contributed by atoms with Crippen LogP contribution in [-0.4, -0.2) is 46.2 Å². The van der Waals surface area contributed by atoms with Gasteiger partial charge in [-0.25, -0.2) is 0 Å². The average Bonchev–Trinajstić information content (AvgIpc) is 3.13. The molecule has 1 aromatic heterocycles. The summed E-state index contributed by atoms with van der Waals surface area (Å²) in [5.74, 6) is 0.0445. The molecule has 2 fully saturated rings. The van der Waals surface area contributed by atoms with Crippen LogP contribution in [0.5, 0.6) is 0 Å². The van der Waals surface area contributed by atoms with Crippen LogP contribution in [0.3, 0.4) is 0 Å². The van der Waals surface area contributed by atoms with Crippen LogP contribution < -0.4 is 5.32 Å². The first-order valence-electron chi connectivity index (χ1n) is 8.05. The smallest absolute Gasteiger partial charge is 0.257 e. The molecule has 2 aliphatic rings. The molecule has 1 amide bonds. The predicted molar refractivity (Wildman–Crippen MR) is 96.7 cm³/mol. The SMILES string of the molecule is Cl.O=C(c1cn[nH]c1-c1cccc(Cl)c1)N1CCC2CCC(C1)N2. The maximum absolute atomic E-state index is 13.0. The minimum atomic E-state index is 0. The van der Waals surface area contributed by atoms with Gasteiger partial charge < -0.3 is 10.2 Å². The van der Waals surface area contributed by atoms with Gasteiger partial charge in [-0.15, -0.1) is 12.4 Å². The van der Waals surface area contributed by atoms with E-state index in [1.165, 1.54) is 6.42 Å². The number of aromatic nitrogens is 2. The quantitative estimate of drug-likeness (QED) is 0.858. The zero-order valence-corrected chi connectivity index (χ0v) is 14.7. The Labute approximate surface area is 152 Å². The third-order valence-electron chi connectivity index (χ3n) is 4.79. The summed E-state index contributed by atoms with van der Waals surface area (Å²) >= 11 is 6.07. The number of hydrogen-bond donors (Lipinski definition) is 2. The molecular formula is C17H20Cl2N4O. The van der Waals surface area contributed by atoms with Gasteiger partial charge in [0.15, 0.2) is 0 Å². The summed E-state index contributed by atoms with van der Waals surface area (Å²) in [5, 5.41) is 11.3. The van der Waals surface area contributed by atoms with Crippen molar-refractivity contribution in [2.75, 3.05) is 13.1 Å². The van der Waals surface area contributed by atoms with Gasteiger partial charge in [-0.3, -0.25) is 9.89 Å². The Morgan fingerprint density at radius 2 is 2.08 bits per heavy atom. The molecule has 2 unspecified atom stereocenters. The molecule has 0 saturated carbocycles. The van der Waals surface area contributed by atoms with E-state index >= 15 is 0 Å². The van der Waals surface area contributed by atoms with Crippen molar-refractivity contribution in [1.29, 1.82) is 0 Å². The minimum absolute atomic E-state index is 0. The van der Waals surface area contributed by atoms with Crippen LogP contribution in [0.2, 0.25) is 5.02 Å². The van der Waals surface area contributed by atoms with Gasteiger partial charge >= 0.3 is 0 Å². The normalized spacial score (nSPS) is 22.8. The molecule has 4 rings (SSSR count). The van der Waals surface area contributed by atoms with Gasteiger partial charge in [0.2, 0.25) is 0 Å². The molecule has 2 saturated heterocycles. The Hall–Kier alpha value is -1.56. The van der Waals surface area contributed by atoms with E-state index in [0.717, 1.165) is 37.2 Å². The van der Waals surface area contributed by atoms with E-state index in [9.17, 15) is 4.79 Å². The Kier molecular flexibility index (Phi) is 5.13. The second-order valence-electron chi connectivity index (χ2n) is 6.35. The fourth-order valence-electron chi connectivity index (χ4n) is 3.61. The Bertz CT molecular complexity index is 733. The molecule has 2 aromatic rings. The van der Waals surface area contributed by atoms with E-state index in [1.54, 1.807) is 6.20 Å². The zero-order valence-electron chi connectivity index (χ0n) is 13.2. The molecule has 2 atom stereocenters. The van der Waals surface area contributed by atoms with Crippen molar-refractivity contribution >= 4 is 29.9 Å². The van der Waals surface area contributed by atoms with E-state index in [-0.39, 0.29) is 18.3 Å². The number of halogens is 2. The fourth-order valence-corrected chi connectivity index (χ4v) is 3.80. The lowest BCUT2D eigenvalue weighted by Gasteiger charge is -2.24. The van der Waals surface area contributed by atoms with Crippen LogP contribution in [0.1, 0.15) is 29.6 Å². The molecule has 0 aliphatic carbocycles. The lowest BCUT2D eigenvalue weighted by atomic mass is 10.1. The second-order valence-corrected chi connectivity index (χ2v) is 6.78. The van der Waals surface area contributed by atoms with Crippen LogP contribution >= 0.6 is 24.0 Å². The van der Waals surface area contributed by atoms with E-state index < -0.39 is 0 Å². The summed E-state index contributed by atoms with van der Waals surface area (Å²) in [6.45, 7) is 1.57. The number of carbonyl (C=O) groups excluding carboxylic acids is 1. The van der Waals surface area contributed by atoms with Gasteiger partial charge in [0.05, 0.1) is 17.5 Å². The average molecular weight is 367 g/mol. The monoisotopic (exact) mass is 366 g/mol. The predicted octanol–water partition coefficient (Wildman–Crippen LogP) is 3.12. The fraction of sp³-hybridized carbons (Fsp3) is 0.412. The Balaban J connectivity index is 0.00000169. The number of fused-ring (bicyclic) bond motifs is 2. The second kappa shape index (κ2) is 7.13. The number of nitrogens with one attached hydrogen (secondary N) is 2. The van der Waals surface area contributed by atoms with Crippen LogP contribution in [0.25, 0.3) is 11.3 Å². The van der Waals surface area contributed by atoms with Gasteiger partial charge in [-0.2, -0.15) is 5.10 Å². The molecule has 1 aromatic carbocycles. The number of likely N-dealkylation sites (tertiary alicyclic amines) is 1. The highest BCUT2D eigenvalue weighted by molar-refractivity contribution is 6.30. The van der Waals surface area contributed by atoms with Crippen LogP contribution in [0.15, 0.2) is 30.5 Å². The van der Waals surface area contributed by atoms with Crippen LogP contribution in [-0.2, 0) is 0 Å². The van der Waals surface area contributed by atoms with Gasteiger partial charge in [-0.1, -0.05) is 23.7 Å². The number of rotatable bonds is 2. The van der Waals surface area contributed by atoms with Crippen molar-refractivity contribution < 1.29 is 4.79 Å². The number of aromatic amines is 1. The lowest BCUT2D eigenvalue weighted by Crippen LogP contribution is -2.39. The molecule has 2 aliphatic heterocycles. The molecule has 3 heterocycles. The molecular weight excluding hydrogens is 347 g/mol. The van der Waals surface area contributed by atoms with Crippen molar-refractivity contribution in [3.05, 3.63) is 41.0 Å². The van der Waals surface area contributed by atoms with Crippen molar-refractivity contribution in [3.63, 3.8) is 0 Å². The summed E-state index contributed by atoms with van der Waals surface area (Å²) in [7, 11) is 0. The third kappa shape index (κ3) is 3.29. The number of H-pyrrole nitrogens is 1. The molecule has 7 heteroatoms. The zero-order chi connectivity index (χ0) is 15.8. The molecule has 24 heavy (non-hydrogen) atoms. The number of carbonyl (C=O) groups is 1. The standard InChI is InChI=1S/C17H19ClN4O.ClH/c18-12-3-1-2-11(8-12)16-15(9-19-21-16)17(23)22-7-6-13-4-5-14(10-22)20-13;/h1-3,8-9,13-14,20H,4-7,10H2,(H,19,21);1H. The molecule has 0 spiro atoms. The largest absolute Gasteiger partial charge is 0.337 e. The Morgan fingerprint density at radius 1 is 1.25 bits per heavy atom. The van der Waals surface area contributed by atoms with E-state index in [1.807, 2.05) is 29.2 Å². The molecule has 2 bridgehead atoms.